The predicted octanol–water partition coefficient (Wildman–Crippen LogP) is 3.72. The molecule has 4 heteroatoms. The van der Waals surface area contributed by atoms with Crippen LogP contribution in [0, 0.1) is 29.1 Å². The molecule has 2 saturated carbocycles. The number of hydrogen-bond donors (Lipinski definition) is 0. The van der Waals surface area contributed by atoms with Crippen LogP contribution in [-0.4, -0.2) is 33.1 Å². The second-order valence-corrected chi connectivity index (χ2v) is 7.88. The molecule has 3 rings (SSSR count). The molecule has 4 nitrogen and oxygen atoms in total. The fourth-order valence-electron chi connectivity index (χ4n) is 5.42. The zero-order valence-corrected chi connectivity index (χ0v) is 15.1. The highest BCUT2D eigenvalue weighted by Gasteiger charge is 2.55. The van der Waals surface area contributed by atoms with Crippen LogP contribution < -0.4 is 0 Å². The van der Waals surface area contributed by atoms with Crippen molar-refractivity contribution in [2.24, 2.45) is 29.1 Å². The molecule has 0 aromatic rings. The van der Waals surface area contributed by atoms with E-state index in [1.165, 1.54) is 19.1 Å². The van der Waals surface area contributed by atoms with Gasteiger partial charge < -0.3 is 14.2 Å². The number of rotatable bonds is 4. The van der Waals surface area contributed by atoms with Gasteiger partial charge in [0.1, 0.15) is 6.79 Å². The number of hydrogen-bond acceptors (Lipinski definition) is 4. The molecule has 0 saturated heterocycles. The van der Waals surface area contributed by atoms with Crippen LogP contribution in [0.2, 0.25) is 0 Å². The fraction of sp³-hybridized carbons (Fsp3) is 0.750. The first kappa shape index (κ1) is 17.7. The lowest BCUT2D eigenvalue weighted by atomic mass is 9.49. The van der Waals surface area contributed by atoms with E-state index >= 15 is 0 Å². The lowest BCUT2D eigenvalue weighted by Crippen LogP contribution is -2.54. The average molecular weight is 334 g/mol. The quantitative estimate of drug-likeness (QED) is 0.446. The molecular weight excluding hydrogens is 304 g/mol. The van der Waals surface area contributed by atoms with Crippen molar-refractivity contribution in [3.63, 3.8) is 0 Å². The van der Waals surface area contributed by atoms with E-state index in [2.05, 4.69) is 25.7 Å². The SMILES string of the molecule is C=C1CC[C@@H]2[C@H](C=C[C@H]3[C@H](C(=O)OC)[C@@H](OCOC)CC[C@]23C)C1. The van der Waals surface area contributed by atoms with Crippen LogP contribution in [0.3, 0.4) is 0 Å². The third-order valence-electron chi connectivity index (χ3n) is 6.65. The van der Waals surface area contributed by atoms with E-state index in [1.807, 2.05) is 0 Å². The van der Waals surface area contributed by atoms with Gasteiger partial charge in [-0.15, -0.1) is 0 Å². The number of allylic oxidation sites excluding steroid dienone is 3. The van der Waals surface area contributed by atoms with Gasteiger partial charge in [-0.25, -0.2) is 0 Å². The molecule has 3 aliphatic rings. The first-order chi connectivity index (χ1) is 11.5. The van der Waals surface area contributed by atoms with Crippen LogP contribution in [-0.2, 0) is 19.0 Å². The summed E-state index contributed by atoms with van der Waals surface area (Å²) in [5.41, 5.74) is 1.50. The Morgan fingerprint density at radius 2 is 2.12 bits per heavy atom. The molecule has 2 fully saturated rings. The molecule has 0 unspecified atom stereocenters. The van der Waals surface area contributed by atoms with E-state index in [4.69, 9.17) is 14.2 Å². The Balaban J connectivity index is 1.90. The van der Waals surface area contributed by atoms with Crippen LogP contribution in [0.4, 0.5) is 0 Å². The zero-order valence-electron chi connectivity index (χ0n) is 15.1. The number of fused-ring (bicyclic) bond motifs is 3. The highest BCUT2D eigenvalue weighted by atomic mass is 16.7. The molecule has 0 bridgehead atoms. The second-order valence-electron chi connectivity index (χ2n) is 7.88. The lowest BCUT2D eigenvalue weighted by Gasteiger charge is -2.56. The molecule has 24 heavy (non-hydrogen) atoms. The minimum Gasteiger partial charge on any atom is -0.469 e. The van der Waals surface area contributed by atoms with E-state index in [1.54, 1.807) is 7.11 Å². The first-order valence-electron chi connectivity index (χ1n) is 9.04. The number of carbonyl (C=O) groups excluding carboxylic acids is 1. The number of ether oxygens (including phenoxy) is 3. The summed E-state index contributed by atoms with van der Waals surface area (Å²) in [4.78, 5) is 12.6. The van der Waals surface area contributed by atoms with Crippen molar-refractivity contribution >= 4 is 5.97 Å². The van der Waals surface area contributed by atoms with Gasteiger partial charge in [0.15, 0.2) is 0 Å². The predicted molar refractivity (Wildman–Crippen MR) is 92.2 cm³/mol. The molecular formula is C20H30O4. The van der Waals surface area contributed by atoms with Crippen molar-refractivity contribution in [3.8, 4) is 0 Å². The Labute approximate surface area is 145 Å². The molecule has 6 atom stereocenters. The van der Waals surface area contributed by atoms with Gasteiger partial charge in [0, 0.05) is 7.11 Å². The monoisotopic (exact) mass is 334 g/mol. The van der Waals surface area contributed by atoms with E-state index in [-0.39, 0.29) is 36.1 Å². The minimum absolute atomic E-state index is 0.129. The number of methoxy groups -OCH3 is 2. The normalized spacial score (nSPS) is 41.5. The molecule has 0 aromatic heterocycles. The molecule has 0 N–H and O–H groups in total. The van der Waals surface area contributed by atoms with Crippen LogP contribution in [0.5, 0.6) is 0 Å². The van der Waals surface area contributed by atoms with E-state index in [9.17, 15) is 4.79 Å². The highest BCUT2D eigenvalue weighted by molar-refractivity contribution is 5.74. The van der Waals surface area contributed by atoms with Gasteiger partial charge in [-0.05, 0) is 55.3 Å². The number of esters is 1. The Bertz CT molecular complexity index is 526. The summed E-state index contributed by atoms with van der Waals surface area (Å²) in [7, 11) is 3.09. The summed E-state index contributed by atoms with van der Waals surface area (Å²) in [5.74, 6) is 0.963. The third-order valence-corrected chi connectivity index (χ3v) is 6.65. The first-order valence-corrected chi connectivity index (χ1v) is 9.04. The van der Waals surface area contributed by atoms with Gasteiger partial charge in [0.25, 0.3) is 0 Å². The van der Waals surface area contributed by atoms with E-state index in [0.29, 0.717) is 11.8 Å². The van der Waals surface area contributed by atoms with Gasteiger partial charge in [0.05, 0.1) is 19.1 Å². The van der Waals surface area contributed by atoms with E-state index < -0.39 is 0 Å². The van der Waals surface area contributed by atoms with Gasteiger partial charge >= 0.3 is 5.97 Å². The van der Waals surface area contributed by atoms with Crippen LogP contribution in [0.25, 0.3) is 0 Å². The number of carbonyl (C=O) groups is 1. The highest BCUT2D eigenvalue weighted by Crippen LogP contribution is 2.59. The van der Waals surface area contributed by atoms with Crippen LogP contribution in [0.1, 0.15) is 39.0 Å². The molecule has 0 spiro atoms. The van der Waals surface area contributed by atoms with E-state index in [0.717, 1.165) is 25.7 Å². The second kappa shape index (κ2) is 7.01. The Morgan fingerprint density at radius 1 is 1.33 bits per heavy atom. The third kappa shape index (κ3) is 2.95. The maximum Gasteiger partial charge on any atom is 0.311 e. The molecule has 0 aliphatic heterocycles. The largest absolute Gasteiger partial charge is 0.469 e. The maximum absolute atomic E-state index is 12.6. The van der Waals surface area contributed by atoms with Crippen molar-refractivity contribution in [2.75, 3.05) is 21.0 Å². The average Bonchev–Trinajstić information content (AvgIpc) is 2.58. The van der Waals surface area contributed by atoms with Gasteiger partial charge in [-0.1, -0.05) is 31.2 Å². The minimum atomic E-state index is -0.244. The summed E-state index contributed by atoms with van der Waals surface area (Å²) >= 11 is 0. The Morgan fingerprint density at radius 3 is 2.83 bits per heavy atom. The van der Waals surface area contributed by atoms with Crippen molar-refractivity contribution in [1.82, 2.24) is 0 Å². The lowest BCUT2D eigenvalue weighted by molar-refractivity contribution is -0.176. The molecule has 0 radical (unpaired) electrons. The van der Waals surface area contributed by atoms with Crippen molar-refractivity contribution in [2.45, 2.75) is 45.1 Å². The topological polar surface area (TPSA) is 44.8 Å². The van der Waals surface area contributed by atoms with Crippen molar-refractivity contribution in [1.29, 1.82) is 0 Å². The van der Waals surface area contributed by atoms with Gasteiger partial charge in [-0.3, -0.25) is 4.79 Å². The molecule has 134 valence electrons. The van der Waals surface area contributed by atoms with Crippen LogP contribution >= 0.6 is 0 Å². The standard InChI is InChI=1S/C20H30O4/c1-13-5-7-15-14(11-13)6-8-16-18(19(21)23-4)17(24-12-22-3)9-10-20(15,16)2/h6,8,14-18H,1,5,7,9-12H2,2-4H3/t14-,15-,16+,17+,18+,20-/m1/s1. The molecule has 0 heterocycles. The molecule has 0 aromatic carbocycles. The maximum atomic E-state index is 12.6. The summed E-state index contributed by atoms with van der Waals surface area (Å²) < 4.78 is 16.0. The molecule has 0 amide bonds. The molecule has 3 aliphatic carbocycles. The smallest absolute Gasteiger partial charge is 0.311 e. The summed E-state index contributed by atoms with van der Waals surface area (Å²) in [6.07, 6.45) is 9.82. The Kier molecular flexibility index (Phi) is 5.16. The van der Waals surface area contributed by atoms with Crippen molar-refractivity contribution in [3.05, 3.63) is 24.3 Å². The Hall–Kier alpha value is -1.13. The summed E-state index contributed by atoms with van der Waals surface area (Å²) in [6, 6.07) is 0. The van der Waals surface area contributed by atoms with Crippen molar-refractivity contribution < 1.29 is 19.0 Å². The summed E-state index contributed by atoms with van der Waals surface area (Å²) in [5, 5.41) is 0. The summed E-state index contributed by atoms with van der Waals surface area (Å²) in [6.45, 7) is 6.78. The van der Waals surface area contributed by atoms with Crippen LogP contribution in [0.15, 0.2) is 24.3 Å². The zero-order chi connectivity index (χ0) is 17.3. The fourth-order valence-corrected chi connectivity index (χ4v) is 5.42. The van der Waals surface area contributed by atoms with Gasteiger partial charge in [-0.2, -0.15) is 0 Å². The van der Waals surface area contributed by atoms with Gasteiger partial charge in [0.2, 0.25) is 0 Å².